The third-order valence-corrected chi connectivity index (χ3v) is 7.06. The van der Waals surface area contributed by atoms with Gasteiger partial charge in [0, 0.05) is 18.8 Å². The van der Waals surface area contributed by atoms with Gasteiger partial charge in [0.15, 0.2) is 6.61 Å². The van der Waals surface area contributed by atoms with Gasteiger partial charge in [-0.15, -0.1) is 0 Å². The highest BCUT2D eigenvalue weighted by Gasteiger charge is 2.25. The topological polar surface area (TPSA) is 117 Å². The van der Waals surface area contributed by atoms with E-state index in [1.807, 2.05) is 6.07 Å². The Kier molecular flexibility index (Phi) is 7.98. The number of ether oxygens (including phenoxy) is 1. The van der Waals surface area contributed by atoms with Crippen molar-refractivity contribution < 1.29 is 22.7 Å². The van der Waals surface area contributed by atoms with E-state index < -0.39 is 28.5 Å². The van der Waals surface area contributed by atoms with Crippen LogP contribution < -0.4 is 5.32 Å². The molecule has 0 aromatic heterocycles. The number of rotatable bonds is 7. The Morgan fingerprint density at radius 2 is 1.59 bits per heavy atom. The summed E-state index contributed by atoms with van der Waals surface area (Å²) in [7, 11) is -3.60. The number of benzene rings is 2. The molecule has 2 aromatic carbocycles. The third kappa shape index (κ3) is 6.15. The van der Waals surface area contributed by atoms with Crippen LogP contribution in [0.2, 0.25) is 0 Å². The molecule has 8 nitrogen and oxygen atoms in total. The number of carbonyl (C=O) groups is 2. The predicted octanol–water partition coefficient (Wildman–Crippen LogP) is 3.11. The van der Waals surface area contributed by atoms with E-state index in [4.69, 9.17) is 10.00 Å². The normalized spacial score (nSPS) is 14.7. The monoisotopic (exact) mass is 455 g/mol. The summed E-state index contributed by atoms with van der Waals surface area (Å²) in [6, 6.07) is 14.4. The Hall–Kier alpha value is -3.22. The summed E-state index contributed by atoms with van der Waals surface area (Å²) in [6.07, 6.45) is 4.02. The average Bonchev–Trinajstić information content (AvgIpc) is 3.09. The van der Waals surface area contributed by atoms with Crippen LogP contribution in [0.3, 0.4) is 0 Å². The van der Waals surface area contributed by atoms with E-state index in [1.54, 1.807) is 24.3 Å². The zero-order valence-corrected chi connectivity index (χ0v) is 18.4. The molecule has 0 aliphatic carbocycles. The molecule has 1 fully saturated rings. The van der Waals surface area contributed by atoms with E-state index >= 15 is 0 Å². The fraction of sp³-hybridized carbons (Fsp3) is 0.348. The van der Waals surface area contributed by atoms with Crippen molar-refractivity contribution >= 4 is 27.6 Å². The van der Waals surface area contributed by atoms with Crippen molar-refractivity contribution in [2.24, 2.45) is 0 Å². The van der Waals surface area contributed by atoms with Gasteiger partial charge in [0.1, 0.15) is 0 Å². The van der Waals surface area contributed by atoms with Crippen molar-refractivity contribution in [1.82, 2.24) is 4.31 Å². The zero-order valence-electron chi connectivity index (χ0n) is 17.6. The second kappa shape index (κ2) is 10.9. The van der Waals surface area contributed by atoms with E-state index in [-0.39, 0.29) is 16.9 Å². The first-order chi connectivity index (χ1) is 15.4. The Morgan fingerprint density at radius 1 is 0.969 bits per heavy atom. The molecule has 1 heterocycles. The van der Waals surface area contributed by atoms with Crippen molar-refractivity contribution in [3.05, 3.63) is 59.7 Å². The van der Waals surface area contributed by atoms with Crippen molar-refractivity contribution in [1.29, 1.82) is 5.26 Å². The van der Waals surface area contributed by atoms with Crippen molar-refractivity contribution in [3.8, 4) is 6.07 Å². The maximum atomic E-state index is 12.8. The minimum absolute atomic E-state index is 0.133. The van der Waals surface area contributed by atoms with Gasteiger partial charge in [0.2, 0.25) is 10.0 Å². The minimum atomic E-state index is -3.60. The first-order valence-electron chi connectivity index (χ1n) is 10.4. The molecular weight excluding hydrogens is 430 g/mol. The SMILES string of the molecule is N#CCc1ccc(NC(=O)COC(=O)c2ccc(S(=O)(=O)N3CCCCCC3)cc2)cc1. The number of hydrogen-bond donors (Lipinski definition) is 1. The summed E-state index contributed by atoms with van der Waals surface area (Å²) in [5.74, 6) is -1.23. The van der Waals surface area contributed by atoms with Gasteiger partial charge in [0.25, 0.3) is 5.91 Å². The van der Waals surface area contributed by atoms with Crippen LogP contribution in [0.1, 0.15) is 41.6 Å². The molecule has 1 aliphatic rings. The molecule has 1 saturated heterocycles. The summed E-state index contributed by atoms with van der Waals surface area (Å²) in [4.78, 5) is 24.4. The van der Waals surface area contributed by atoms with Crippen LogP contribution in [0.5, 0.6) is 0 Å². The summed E-state index contributed by atoms with van der Waals surface area (Å²) >= 11 is 0. The van der Waals surface area contributed by atoms with E-state index in [1.165, 1.54) is 28.6 Å². The van der Waals surface area contributed by atoms with Gasteiger partial charge in [-0.2, -0.15) is 9.57 Å². The molecule has 0 atom stereocenters. The third-order valence-electron chi connectivity index (χ3n) is 5.15. The first kappa shape index (κ1) is 23.4. The smallest absolute Gasteiger partial charge is 0.338 e. The van der Waals surface area contributed by atoms with Crippen LogP contribution in [0, 0.1) is 11.3 Å². The first-order valence-corrected chi connectivity index (χ1v) is 11.9. The van der Waals surface area contributed by atoms with Gasteiger partial charge in [-0.25, -0.2) is 13.2 Å². The summed E-state index contributed by atoms with van der Waals surface area (Å²) < 4.78 is 32.1. The highest BCUT2D eigenvalue weighted by atomic mass is 32.2. The molecule has 3 rings (SSSR count). The number of anilines is 1. The molecular formula is C23H25N3O5S. The molecule has 1 aliphatic heterocycles. The Bertz CT molecular complexity index is 1080. The number of nitrogens with one attached hydrogen (secondary N) is 1. The van der Waals surface area contributed by atoms with E-state index in [2.05, 4.69) is 5.32 Å². The van der Waals surface area contributed by atoms with Gasteiger partial charge in [0.05, 0.1) is 22.9 Å². The molecule has 0 spiro atoms. The molecule has 32 heavy (non-hydrogen) atoms. The molecule has 0 saturated carbocycles. The number of carbonyl (C=O) groups excluding carboxylic acids is 2. The fourth-order valence-electron chi connectivity index (χ4n) is 3.40. The van der Waals surface area contributed by atoms with Crippen molar-refractivity contribution in [2.75, 3.05) is 25.0 Å². The molecule has 168 valence electrons. The molecule has 2 aromatic rings. The van der Waals surface area contributed by atoms with Crippen LogP contribution in [-0.4, -0.2) is 44.3 Å². The molecule has 1 amide bonds. The quantitative estimate of drug-likeness (QED) is 0.641. The fourth-order valence-corrected chi connectivity index (χ4v) is 4.92. The molecule has 1 N–H and O–H groups in total. The van der Waals surface area contributed by atoms with E-state index in [0.29, 0.717) is 18.8 Å². The standard InChI is InChI=1S/C23H25N3O5S/c24-14-13-18-5-9-20(10-6-18)25-22(27)17-31-23(28)19-7-11-21(12-8-19)32(29,30)26-15-3-1-2-4-16-26/h5-12H,1-4,13,15-17H2,(H,25,27). The van der Waals surface area contributed by atoms with E-state index in [0.717, 1.165) is 31.2 Å². The highest BCUT2D eigenvalue weighted by Crippen LogP contribution is 2.21. The van der Waals surface area contributed by atoms with Crippen LogP contribution in [0.4, 0.5) is 5.69 Å². The molecule has 0 radical (unpaired) electrons. The highest BCUT2D eigenvalue weighted by molar-refractivity contribution is 7.89. The van der Waals surface area contributed by atoms with Crippen LogP contribution >= 0.6 is 0 Å². The Labute approximate surface area is 187 Å². The number of sulfonamides is 1. The van der Waals surface area contributed by atoms with Gasteiger partial charge < -0.3 is 10.1 Å². The summed E-state index contributed by atoms with van der Waals surface area (Å²) in [5.41, 5.74) is 1.52. The second-order valence-corrected chi connectivity index (χ2v) is 9.44. The van der Waals surface area contributed by atoms with Gasteiger partial charge in [-0.1, -0.05) is 25.0 Å². The molecule has 9 heteroatoms. The van der Waals surface area contributed by atoms with Gasteiger partial charge in [-0.3, -0.25) is 4.79 Å². The number of hydrogen-bond acceptors (Lipinski definition) is 6. The lowest BCUT2D eigenvalue weighted by Gasteiger charge is -2.19. The van der Waals surface area contributed by atoms with Crippen LogP contribution in [0.15, 0.2) is 53.4 Å². The van der Waals surface area contributed by atoms with Crippen molar-refractivity contribution in [2.45, 2.75) is 37.0 Å². The lowest BCUT2D eigenvalue weighted by Crippen LogP contribution is -2.31. The molecule has 0 unspecified atom stereocenters. The van der Waals surface area contributed by atoms with Crippen LogP contribution in [0.25, 0.3) is 0 Å². The van der Waals surface area contributed by atoms with Gasteiger partial charge in [-0.05, 0) is 54.8 Å². The summed E-state index contributed by atoms with van der Waals surface area (Å²) in [5, 5.41) is 11.3. The number of nitriles is 1. The summed E-state index contributed by atoms with van der Waals surface area (Å²) in [6.45, 7) is 0.525. The van der Waals surface area contributed by atoms with E-state index in [9.17, 15) is 18.0 Å². The van der Waals surface area contributed by atoms with Crippen molar-refractivity contribution in [3.63, 3.8) is 0 Å². The number of nitrogens with zero attached hydrogens (tertiary/aromatic N) is 2. The second-order valence-electron chi connectivity index (χ2n) is 7.50. The number of esters is 1. The van der Waals surface area contributed by atoms with Crippen LogP contribution in [-0.2, 0) is 26.0 Å². The average molecular weight is 456 g/mol. The Morgan fingerprint density at radius 3 is 2.19 bits per heavy atom. The lowest BCUT2D eigenvalue weighted by molar-refractivity contribution is -0.119. The molecule has 0 bridgehead atoms. The van der Waals surface area contributed by atoms with Gasteiger partial charge >= 0.3 is 5.97 Å². The maximum Gasteiger partial charge on any atom is 0.338 e. The number of amides is 1. The lowest BCUT2D eigenvalue weighted by atomic mass is 10.1. The Balaban J connectivity index is 1.54. The zero-order chi connectivity index (χ0) is 23.0. The largest absolute Gasteiger partial charge is 0.452 e. The predicted molar refractivity (Wildman–Crippen MR) is 118 cm³/mol. The maximum absolute atomic E-state index is 12.8. The minimum Gasteiger partial charge on any atom is -0.452 e.